The predicted molar refractivity (Wildman–Crippen MR) is 159 cm³/mol. The average molecular weight is 584 g/mol. The van der Waals surface area contributed by atoms with Gasteiger partial charge in [0.15, 0.2) is 0 Å². The molecule has 0 spiro atoms. The molecule has 2 atom stereocenters. The fourth-order valence-corrected chi connectivity index (χ4v) is 6.23. The third-order valence-electron chi connectivity index (χ3n) is 8.30. The quantitative estimate of drug-likeness (QED) is 0.292. The number of nitrogens with zero attached hydrogens (tertiary/aromatic N) is 2. The molecule has 2 aliphatic rings. The minimum atomic E-state index is -3.04. The van der Waals surface area contributed by atoms with E-state index in [1.165, 1.54) is 12.1 Å². The van der Waals surface area contributed by atoms with E-state index < -0.39 is 30.1 Å². The summed E-state index contributed by atoms with van der Waals surface area (Å²) in [5.41, 5.74) is 2.81. The Morgan fingerprint density at radius 2 is 1.57 bits per heavy atom. The standard InChI is InChI=1S/C34H41F4N3O/c1-24-18-26-19-28(42-22-25-10-4-3-5-11-25)12-13-29(26)33(41(24)23-34(2,37)38)32-30(35)20-27(21-31(32)36)40-16-8-6-14-39-15-7-9-17-40/h3-5,10-13,19-21,24,33,39H,6-9,14-18,22-23H2,1-2H3/t24-,33?/m1/s1. The van der Waals surface area contributed by atoms with Gasteiger partial charge < -0.3 is 15.0 Å². The largest absolute Gasteiger partial charge is 0.489 e. The van der Waals surface area contributed by atoms with E-state index in [1.807, 2.05) is 48.2 Å². The van der Waals surface area contributed by atoms with Crippen LogP contribution in [0.1, 0.15) is 67.8 Å². The second-order valence-electron chi connectivity index (χ2n) is 11.8. The zero-order valence-electron chi connectivity index (χ0n) is 24.5. The lowest BCUT2D eigenvalue weighted by Gasteiger charge is -2.43. The van der Waals surface area contributed by atoms with Gasteiger partial charge >= 0.3 is 0 Å². The highest BCUT2D eigenvalue weighted by Gasteiger charge is 2.40. The van der Waals surface area contributed by atoms with Gasteiger partial charge in [0, 0.05) is 37.3 Å². The summed E-state index contributed by atoms with van der Waals surface area (Å²) < 4.78 is 67.1. The van der Waals surface area contributed by atoms with Crippen LogP contribution in [0.15, 0.2) is 60.7 Å². The molecule has 0 radical (unpaired) electrons. The van der Waals surface area contributed by atoms with Gasteiger partial charge in [-0.3, -0.25) is 4.90 Å². The van der Waals surface area contributed by atoms with E-state index in [1.54, 1.807) is 17.0 Å². The van der Waals surface area contributed by atoms with Crippen molar-refractivity contribution in [1.82, 2.24) is 10.2 Å². The van der Waals surface area contributed by atoms with Gasteiger partial charge in [0.1, 0.15) is 24.0 Å². The molecule has 0 bridgehead atoms. The van der Waals surface area contributed by atoms with Crippen molar-refractivity contribution in [3.63, 3.8) is 0 Å². The van der Waals surface area contributed by atoms with E-state index >= 15 is 8.78 Å². The van der Waals surface area contributed by atoms with Crippen LogP contribution in [0.2, 0.25) is 0 Å². The minimum absolute atomic E-state index is 0.181. The van der Waals surface area contributed by atoms with Crippen molar-refractivity contribution in [2.45, 2.75) is 70.6 Å². The normalized spacial score (nSPS) is 20.7. The molecule has 1 N–H and O–H groups in total. The first-order valence-electron chi connectivity index (χ1n) is 15.1. The third-order valence-corrected chi connectivity index (χ3v) is 8.30. The fraction of sp³-hybridized carbons (Fsp3) is 0.471. The number of rotatable bonds is 7. The van der Waals surface area contributed by atoms with Crippen LogP contribution in [0, 0.1) is 11.6 Å². The average Bonchev–Trinajstić information content (AvgIpc) is 2.95. The molecule has 0 saturated carbocycles. The summed E-state index contributed by atoms with van der Waals surface area (Å²) in [5.74, 6) is -3.81. The van der Waals surface area contributed by atoms with Crippen LogP contribution in [0.4, 0.5) is 23.2 Å². The van der Waals surface area contributed by atoms with E-state index in [0.29, 0.717) is 43.1 Å². The smallest absolute Gasteiger partial charge is 0.257 e. The summed E-state index contributed by atoms with van der Waals surface area (Å²) in [4.78, 5) is 3.60. The SMILES string of the molecule is C[C@@H]1Cc2cc(OCc3ccccc3)ccc2C(c2c(F)cc(N3CCCCNCCCC3)cc2F)N1CC(C)(F)F. The van der Waals surface area contributed by atoms with Crippen LogP contribution in [0.5, 0.6) is 5.75 Å². The maximum atomic E-state index is 16.1. The zero-order valence-corrected chi connectivity index (χ0v) is 24.5. The number of hydrogen-bond acceptors (Lipinski definition) is 4. The highest BCUT2D eigenvalue weighted by atomic mass is 19.3. The van der Waals surface area contributed by atoms with Gasteiger partial charge in [-0.25, -0.2) is 17.6 Å². The van der Waals surface area contributed by atoms with Crippen molar-refractivity contribution in [2.24, 2.45) is 0 Å². The molecular weight excluding hydrogens is 542 g/mol. The summed E-state index contributed by atoms with van der Waals surface area (Å²) >= 11 is 0. The fourth-order valence-electron chi connectivity index (χ4n) is 6.23. The van der Waals surface area contributed by atoms with Gasteiger partial charge in [0.2, 0.25) is 0 Å². The molecule has 2 aliphatic heterocycles. The van der Waals surface area contributed by atoms with Gasteiger partial charge in [-0.2, -0.15) is 0 Å². The number of benzene rings is 3. The Balaban J connectivity index is 1.48. The number of alkyl halides is 2. The van der Waals surface area contributed by atoms with Crippen LogP contribution in [-0.2, 0) is 13.0 Å². The summed E-state index contributed by atoms with van der Waals surface area (Å²) in [6.07, 6.45) is 4.29. The van der Waals surface area contributed by atoms with Crippen molar-refractivity contribution in [3.05, 3.63) is 94.6 Å². The zero-order chi connectivity index (χ0) is 29.7. The number of anilines is 1. The second-order valence-corrected chi connectivity index (χ2v) is 11.8. The molecule has 0 aliphatic carbocycles. The molecule has 2 heterocycles. The van der Waals surface area contributed by atoms with Crippen LogP contribution in [-0.4, -0.2) is 49.6 Å². The molecule has 0 aromatic heterocycles. The molecule has 42 heavy (non-hydrogen) atoms. The van der Waals surface area contributed by atoms with E-state index in [0.717, 1.165) is 56.8 Å². The van der Waals surface area contributed by atoms with Crippen LogP contribution >= 0.6 is 0 Å². The Bertz CT molecular complexity index is 1300. The molecule has 8 heteroatoms. The van der Waals surface area contributed by atoms with Crippen LogP contribution < -0.4 is 15.0 Å². The summed E-state index contributed by atoms with van der Waals surface area (Å²) in [6, 6.07) is 16.6. The number of hydrogen-bond donors (Lipinski definition) is 1. The summed E-state index contributed by atoms with van der Waals surface area (Å²) in [5, 5.41) is 3.42. The molecule has 4 nitrogen and oxygen atoms in total. The second kappa shape index (κ2) is 13.5. The molecule has 1 unspecified atom stereocenters. The van der Waals surface area contributed by atoms with E-state index in [9.17, 15) is 8.78 Å². The minimum Gasteiger partial charge on any atom is -0.489 e. The molecule has 0 amide bonds. The Morgan fingerprint density at radius 3 is 2.21 bits per heavy atom. The van der Waals surface area contributed by atoms with Gasteiger partial charge in [-0.1, -0.05) is 36.4 Å². The topological polar surface area (TPSA) is 27.7 Å². The van der Waals surface area contributed by atoms with Crippen molar-refractivity contribution < 1.29 is 22.3 Å². The van der Waals surface area contributed by atoms with Gasteiger partial charge in [-0.15, -0.1) is 0 Å². The molecule has 3 aromatic carbocycles. The molecule has 3 aromatic rings. The van der Waals surface area contributed by atoms with Gasteiger partial charge in [0.25, 0.3) is 5.92 Å². The van der Waals surface area contributed by atoms with E-state index in [2.05, 4.69) is 5.32 Å². The van der Waals surface area contributed by atoms with Crippen molar-refractivity contribution in [2.75, 3.05) is 37.6 Å². The lowest BCUT2D eigenvalue weighted by molar-refractivity contribution is -0.0371. The molecule has 1 fully saturated rings. The lowest BCUT2D eigenvalue weighted by atomic mass is 9.84. The molecule has 1 saturated heterocycles. The third kappa shape index (κ3) is 7.45. The monoisotopic (exact) mass is 583 g/mol. The van der Waals surface area contributed by atoms with Gasteiger partial charge in [-0.05, 0) is 93.1 Å². The van der Waals surface area contributed by atoms with E-state index in [4.69, 9.17) is 4.74 Å². The lowest BCUT2D eigenvalue weighted by Crippen LogP contribution is -2.48. The number of halogens is 4. The first-order chi connectivity index (χ1) is 20.2. The number of fused-ring (bicyclic) bond motifs is 1. The van der Waals surface area contributed by atoms with Crippen LogP contribution in [0.25, 0.3) is 0 Å². The van der Waals surface area contributed by atoms with Crippen molar-refractivity contribution in [3.8, 4) is 5.75 Å². The Labute approximate surface area is 246 Å². The van der Waals surface area contributed by atoms with Crippen LogP contribution in [0.3, 0.4) is 0 Å². The molecule has 226 valence electrons. The maximum Gasteiger partial charge on any atom is 0.257 e. The highest BCUT2D eigenvalue weighted by molar-refractivity contribution is 5.52. The van der Waals surface area contributed by atoms with Gasteiger partial charge in [0.05, 0.1) is 12.6 Å². The highest BCUT2D eigenvalue weighted by Crippen LogP contribution is 2.43. The Kier molecular flexibility index (Phi) is 9.74. The first kappa shape index (κ1) is 30.4. The summed E-state index contributed by atoms with van der Waals surface area (Å²) in [6.45, 7) is 5.76. The van der Waals surface area contributed by atoms with Crippen molar-refractivity contribution >= 4 is 5.69 Å². The van der Waals surface area contributed by atoms with E-state index in [-0.39, 0.29) is 11.6 Å². The number of ether oxygens (including phenoxy) is 1. The number of nitrogens with one attached hydrogen (secondary N) is 1. The Morgan fingerprint density at radius 1 is 0.905 bits per heavy atom. The Hall–Kier alpha value is -3.10. The van der Waals surface area contributed by atoms with Crippen molar-refractivity contribution in [1.29, 1.82) is 0 Å². The maximum absolute atomic E-state index is 16.1. The predicted octanol–water partition coefficient (Wildman–Crippen LogP) is 7.51. The summed E-state index contributed by atoms with van der Waals surface area (Å²) in [7, 11) is 0. The molecular formula is C34H41F4N3O. The first-order valence-corrected chi connectivity index (χ1v) is 15.1. The molecule has 5 rings (SSSR count).